The summed E-state index contributed by atoms with van der Waals surface area (Å²) in [6.07, 6.45) is 3.08. The van der Waals surface area contributed by atoms with Gasteiger partial charge >= 0.3 is 0 Å². The molecule has 5 nitrogen and oxygen atoms in total. The smallest absolute Gasteiger partial charge is 0.247 e. The molecule has 2 rings (SSSR count). The van der Waals surface area contributed by atoms with Crippen LogP contribution in [0.15, 0.2) is 0 Å². The minimum Gasteiger partial charge on any atom is -0.342 e. The van der Waals surface area contributed by atoms with Crippen molar-refractivity contribution in [3.8, 4) is 6.07 Å². The molecule has 0 aromatic rings. The monoisotopic (exact) mass is 263 g/mol. The lowest BCUT2D eigenvalue weighted by atomic mass is 9.83. The Kier molecular flexibility index (Phi) is 3.29. The second-order valence-electron chi connectivity index (χ2n) is 6.14. The Labute approximate surface area is 114 Å². The van der Waals surface area contributed by atoms with Gasteiger partial charge in [0, 0.05) is 20.1 Å². The van der Waals surface area contributed by atoms with Crippen molar-refractivity contribution in [2.75, 3.05) is 20.1 Å². The summed E-state index contributed by atoms with van der Waals surface area (Å²) in [6.45, 7) is 4.58. The first kappa shape index (κ1) is 13.9. The SMILES string of the molecule is CN1CCN(C(=O)C2(C#N)CCCC2)C(C)(C)C1=O. The molecule has 1 aliphatic heterocycles. The molecule has 1 saturated carbocycles. The van der Waals surface area contributed by atoms with Gasteiger partial charge in [-0.3, -0.25) is 9.59 Å². The normalized spacial score (nSPS) is 25.3. The topological polar surface area (TPSA) is 64.4 Å². The molecule has 0 atom stereocenters. The van der Waals surface area contributed by atoms with Crippen molar-refractivity contribution in [1.82, 2.24) is 9.80 Å². The van der Waals surface area contributed by atoms with E-state index in [2.05, 4.69) is 6.07 Å². The summed E-state index contributed by atoms with van der Waals surface area (Å²) in [4.78, 5) is 28.2. The second-order valence-corrected chi connectivity index (χ2v) is 6.14. The number of carbonyl (C=O) groups is 2. The molecule has 1 saturated heterocycles. The Morgan fingerprint density at radius 3 is 2.37 bits per heavy atom. The second kappa shape index (κ2) is 4.52. The van der Waals surface area contributed by atoms with E-state index < -0.39 is 11.0 Å². The van der Waals surface area contributed by atoms with E-state index in [-0.39, 0.29) is 11.8 Å². The third-order valence-electron chi connectivity index (χ3n) is 4.53. The first-order valence-corrected chi connectivity index (χ1v) is 6.84. The standard InChI is InChI=1S/C14H21N3O2/c1-13(2)11(18)16(3)8-9-17(13)12(19)14(10-15)6-4-5-7-14/h4-9H2,1-3H3. The molecule has 2 amide bonds. The largest absolute Gasteiger partial charge is 0.342 e. The highest BCUT2D eigenvalue weighted by atomic mass is 16.2. The third kappa shape index (κ3) is 1.99. The maximum Gasteiger partial charge on any atom is 0.247 e. The number of hydrogen-bond acceptors (Lipinski definition) is 3. The fourth-order valence-corrected chi connectivity index (χ4v) is 3.18. The first-order valence-electron chi connectivity index (χ1n) is 6.84. The number of hydrogen-bond donors (Lipinski definition) is 0. The van der Waals surface area contributed by atoms with E-state index in [1.165, 1.54) is 0 Å². The van der Waals surface area contributed by atoms with Crippen LogP contribution in [0, 0.1) is 16.7 Å². The van der Waals surface area contributed by atoms with E-state index in [0.717, 1.165) is 12.8 Å². The average molecular weight is 263 g/mol. The average Bonchev–Trinajstić information content (AvgIpc) is 2.85. The van der Waals surface area contributed by atoms with Gasteiger partial charge in [0.2, 0.25) is 11.8 Å². The zero-order valence-electron chi connectivity index (χ0n) is 11.9. The van der Waals surface area contributed by atoms with Crippen LogP contribution < -0.4 is 0 Å². The molecule has 0 aromatic carbocycles. The molecule has 0 aromatic heterocycles. The molecule has 104 valence electrons. The van der Waals surface area contributed by atoms with Gasteiger partial charge in [-0.1, -0.05) is 12.8 Å². The minimum absolute atomic E-state index is 0.0572. The summed E-state index contributed by atoms with van der Waals surface area (Å²) in [5, 5.41) is 9.41. The van der Waals surface area contributed by atoms with Gasteiger partial charge < -0.3 is 9.80 Å². The summed E-state index contributed by atoms with van der Waals surface area (Å²) < 4.78 is 0. The molecule has 2 fully saturated rings. The van der Waals surface area contributed by atoms with Gasteiger partial charge in [-0.15, -0.1) is 0 Å². The van der Waals surface area contributed by atoms with Crippen molar-refractivity contribution in [3.05, 3.63) is 0 Å². The summed E-state index contributed by atoms with van der Waals surface area (Å²) in [6, 6.07) is 2.22. The third-order valence-corrected chi connectivity index (χ3v) is 4.53. The lowest BCUT2D eigenvalue weighted by Gasteiger charge is -2.46. The van der Waals surface area contributed by atoms with E-state index in [4.69, 9.17) is 0 Å². The van der Waals surface area contributed by atoms with Gasteiger partial charge in [0.25, 0.3) is 0 Å². The van der Waals surface area contributed by atoms with E-state index >= 15 is 0 Å². The van der Waals surface area contributed by atoms with Gasteiger partial charge in [0.15, 0.2) is 0 Å². The highest BCUT2D eigenvalue weighted by molar-refractivity contribution is 5.94. The molecule has 0 spiro atoms. The highest BCUT2D eigenvalue weighted by Gasteiger charge is 2.51. The quantitative estimate of drug-likeness (QED) is 0.713. The number of piperazine rings is 1. The molecule has 0 N–H and O–H groups in total. The highest BCUT2D eigenvalue weighted by Crippen LogP contribution is 2.41. The Balaban J connectivity index is 2.29. The van der Waals surface area contributed by atoms with Crippen molar-refractivity contribution in [2.45, 2.75) is 45.1 Å². The van der Waals surface area contributed by atoms with Crippen LogP contribution in [0.3, 0.4) is 0 Å². The lowest BCUT2D eigenvalue weighted by molar-refractivity contribution is -0.161. The van der Waals surface area contributed by atoms with Gasteiger partial charge in [0.05, 0.1) is 6.07 Å². The van der Waals surface area contributed by atoms with E-state index in [0.29, 0.717) is 25.9 Å². The van der Waals surface area contributed by atoms with Crippen molar-refractivity contribution < 1.29 is 9.59 Å². The van der Waals surface area contributed by atoms with Crippen LogP contribution in [0.1, 0.15) is 39.5 Å². The molecule has 1 heterocycles. The van der Waals surface area contributed by atoms with E-state index in [9.17, 15) is 14.9 Å². The summed E-state index contributed by atoms with van der Waals surface area (Å²) in [5.74, 6) is -0.211. The lowest BCUT2D eigenvalue weighted by Crippen LogP contribution is -2.65. The zero-order valence-corrected chi connectivity index (χ0v) is 11.9. The van der Waals surface area contributed by atoms with E-state index in [1.807, 2.05) is 0 Å². The Hall–Kier alpha value is -1.57. The van der Waals surface area contributed by atoms with Crippen molar-refractivity contribution in [2.24, 2.45) is 5.41 Å². The Bertz CT molecular complexity index is 444. The molecule has 5 heteroatoms. The van der Waals surface area contributed by atoms with Crippen LogP contribution in [-0.2, 0) is 9.59 Å². The molecular weight excluding hydrogens is 242 g/mol. The molecular formula is C14H21N3O2. The van der Waals surface area contributed by atoms with Crippen molar-refractivity contribution in [3.63, 3.8) is 0 Å². The maximum atomic E-state index is 12.8. The van der Waals surface area contributed by atoms with Gasteiger partial charge in [-0.2, -0.15) is 5.26 Å². The van der Waals surface area contributed by atoms with Crippen LogP contribution in [0.2, 0.25) is 0 Å². The fourth-order valence-electron chi connectivity index (χ4n) is 3.18. The zero-order chi connectivity index (χ0) is 14.3. The van der Waals surface area contributed by atoms with Gasteiger partial charge in [-0.25, -0.2) is 0 Å². The van der Waals surface area contributed by atoms with Crippen LogP contribution in [0.25, 0.3) is 0 Å². The molecule has 19 heavy (non-hydrogen) atoms. The molecule has 2 aliphatic rings. The number of carbonyl (C=O) groups excluding carboxylic acids is 2. The van der Waals surface area contributed by atoms with Gasteiger partial charge in [-0.05, 0) is 26.7 Å². The van der Waals surface area contributed by atoms with Crippen molar-refractivity contribution in [1.29, 1.82) is 5.26 Å². The van der Waals surface area contributed by atoms with Crippen LogP contribution in [-0.4, -0.2) is 47.3 Å². The number of nitriles is 1. The van der Waals surface area contributed by atoms with Crippen molar-refractivity contribution >= 4 is 11.8 Å². The molecule has 0 unspecified atom stereocenters. The predicted molar refractivity (Wildman–Crippen MR) is 69.9 cm³/mol. The Morgan fingerprint density at radius 2 is 1.84 bits per heavy atom. The van der Waals surface area contributed by atoms with E-state index in [1.54, 1.807) is 30.7 Å². The number of rotatable bonds is 1. The number of likely N-dealkylation sites (N-methyl/N-ethyl adjacent to an activating group) is 1. The summed E-state index contributed by atoms with van der Waals surface area (Å²) in [7, 11) is 1.75. The van der Waals surface area contributed by atoms with Crippen LogP contribution >= 0.6 is 0 Å². The summed E-state index contributed by atoms with van der Waals surface area (Å²) in [5.41, 5.74) is -1.75. The summed E-state index contributed by atoms with van der Waals surface area (Å²) >= 11 is 0. The van der Waals surface area contributed by atoms with Gasteiger partial charge in [0.1, 0.15) is 11.0 Å². The molecule has 0 bridgehead atoms. The number of amides is 2. The fraction of sp³-hybridized carbons (Fsp3) is 0.786. The number of nitrogens with zero attached hydrogens (tertiary/aromatic N) is 3. The maximum absolute atomic E-state index is 12.8. The van der Waals surface area contributed by atoms with Crippen LogP contribution in [0.4, 0.5) is 0 Å². The minimum atomic E-state index is -0.895. The molecule has 1 aliphatic carbocycles. The first-order chi connectivity index (χ1) is 8.85. The molecule has 0 radical (unpaired) electrons. The van der Waals surface area contributed by atoms with Crippen LogP contribution in [0.5, 0.6) is 0 Å². The predicted octanol–water partition coefficient (Wildman–Crippen LogP) is 1.15. The Morgan fingerprint density at radius 1 is 1.26 bits per heavy atom.